The zero-order valence-corrected chi connectivity index (χ0v) is 11.9. The van der Waals surface area contributed by atoms with Crippen LogP contribution in [0.25, 0.3) is 0 Å². The second-order valence-corrected chi connectivity index (χ2v) is 5.94. The minimum Gasteiger partial charge on any atom is -0.314 e. The molecule has 0 aliphatic carbocycles. The summed E-state index contributed by atoms with van der Waals surface area (Å²) < 4.78 is 0. The Labute approximate surface area is 111 Å². The van der Waals surface area contributed by atoms with Crippen LogP contribution in [-0.4, -0.2) is 30.6 Å². The summed E-state index contributed by atoms with van der Waals surface area (Å²) >= 11 is 0. The van der Waals surface area contributed by atoms with Gasteiger partial charge in [0, 0.05) is 19.1 Å². The summed E-state index contributed by atoms with van der Waals surface area (Å²) in [4.78, 5) is 2.58. The number of hydrogen-bond donors (Lipinski definition) is 1. The molecule has 2 heteroatoms. The van der Waals surface area contributed by atoms with Crippen molar-refractivity contribution in [1.82, 2.24) is 10.2 Å². The second-order valence-electron chi connectivity index (χ2n) is 5.94. The van der Waals surface area contributed by atoms with E-state index in [-0.39, 0.29) is 0 Å². The minimum atomic E-state index is 0.607. The van der Waals surface area contributed by atoms with E-state index in [9.17, 15) is 0 Å². The van der Waals surface area contributed by atoms with Crippen LogP contribution in [-0.2, 0) is 6.54 Å². The van der Waals surface area contributed by atoms with Crippen LogP contribution in [0.5, 0.6) is 0 Å². The van der Waals surface area contributed by atoms with Crippen LogP contribution in [0, 0.1) is 12.8 Å². The Bertz CT molecular complexity index is 373. The monoisotopic (exact) mass is 246 g/mol. The van der Waals surface area contributed by atoms with Gasteiger partial charge in [0.25, 0.3) is 0 Å². The molecule has 1 aliphatic rings. The maximum atomic E-state index is 3.55. The molecule has 2 rings (SSSR count). The highest BCUT2D eigenvalue weighted by atomic mass is 15.1. The van der Waals surface area contributed by atoms with Gasteiger partial charge in [-0.3, -0.25) is 4.90 Å². The van der Waals surface area contributed by atoms with E-state index in [1.807, 2.05) is 0 Å². The molecule has 18 heavy (non-hydrogen) atoms. The standard InChI is InChI=1S/C16H26N2/c1-13(2)17-10-16-7-8-18(12-16)11-15-6-4-5-14(3)9-15/h4-6,9,13,16-17H,7-8,10-12H2,1-3H3. The molecule has 1 atom stereocenters. The largest absolute Gasteiger partial charge is 0.314 e. The number of nitrogens with one attached hydrogen (secondary N) is 1. The summed E-state index contributed by atoms with van der Waals surface area (Å²) in [5.41, 5.74) is 2.82. The van der Waals surface area contributed by atoms with Crippen molar-refractivity contribution in [2.24, 2.45) is 5.92 Å². The van der Waals surface area contributed by atoms with Gasteiger partial charge in [0.2, 0.25) is 0 Å². The smallest absolute Gasteiger partial charge is 0.0233 e. The number of rotatable bonds is 5. The fourth-order valence-electron chi connectivity index (χ4n) is 2.69. The van der Waals surface area contributed by atoms with Gasteiger partial charge in [-0.1, -0.05) is 43.7 Å². The van der Waals surface area contributed by atoms with Crippen LogP contribution in [0.4, 0.5) is 0 Å². The molecule has 1 heterocycles. The Kier molecular flexibility index (Phi) is 4.79. The van der Waals surface area contributed by atoms with E-state index in [1.165, 1.54) is 37.2 Å². The minimum absolute atomic E-state index is 0.607. The molecule has 0 amide bonds. The first-order valence-electron chi connectivity index (χ1n) is 7.15. The fourth-order valence-corrected chi connectivity index (χ4v) is 2.69. The predicted molar refractivity (Wildman–Crippen MR) is 77.7 cm³/mol. The number of aryl methyl sites for hydroxylation is 1. The topological polar surface area (TPSA) is 15.3 Å². The molecule has 2 nitrogen and oxygen atoms in total. The molecule has 1 aromatic rings. The molecule has 0 radical (unpaired) electrons. The Morgan fingerprint density at radius 2 is 2.22 bits per heavy atom. The Balaban J connectivity index is 1.79. The van der Waals surface area contributed by atoms with Crippen LogP contribution in [0.15, 0.2) is 24.3 Å². The van der Waals surface area contributed by atoms with Gasteiger partial charge in [0.05, 0.1) is 0 Å². The molecule has 1 N–H and O–H groups in total. The summed E-state index contributed by atoms with van der Waals surface area (Å²) in [5.74, 6) is 0.831. The average molecular weight is 246 g/mol. The van der Waals surface area contributed by atoms with Crippen molar-refractivity contribution in [1.29, 1.82) is 0 Å². The van der Waals surface area contributed by atoms with Crippen LogP contribution in [0.3, 0.4) is 0 Å². The molecule has 1 fully saturated rings. The van der Waals surface area contributed by atoms with Gasteiger partial charge in [-0.2, -0.15) is 0 Å². The normalized spacial score (nSPS) is 20.8. The number of benzene rings is 1. The maximum Gasteiger partial charge on any atom is 0.0233 e. The molecular weight excluding hydrogens is 220 g/mol. The molecule has 1 unspecified atom stereocenters. The number of hydrogen-bond acceptors (Lipinski definition) is 2. The first-order valence-corrected chi connectivity index (χ1v) is 7.15. The molecule has 1 aromatic carbocycles. The zero-order chi connectivity index (χ0) is 13.0. The van der Waals surface area contributed by atoms with Crippen molar-refractivity contribution in [2.45, 2.75) is 39.8 Å². The van der Waals surface area contributed by atoms with Gasteiger partial charge in [-0.15, -0.1) is 0 Å². The van der Waals surface area contributed by atoms with E-state index in [0.717, 1.165) is 12.5 Å². The van der Waals surface area contributed by atoms with Crippen LogP contribution >= 0.6 is 0 Å². The van der Waals surface area contributed by atoms with E-state index in [1.54, 1.807) is 0 Å². The highest BCUT2D eigenvalue weighted by Gasteiger charge is 2.22. The lowest BCUT2D eigenvalue weighted by molar-refractivity contribution is 0.312. The lowest BCUT2D eigenvalue weighted by Crippen LogP contribution is -2.30. The van der Waals surface area contributed by atoms with Gasteiger partial charge in [0.15, 0.2) is 0 Å². The van der Waals surface area contributed by atoms with E-state index >= 15 is 0 Å². The lowest BCUT2D eigenvalue weighted by Gasteiger charge is -2.17. The second kappa shape index (κ2) is 6.35. The molecule has 0 saturated carbocycles. The Morgan fingerprint density at radius 3 is 2.94 bits per heavy atom. The maximum absolute atomic E-state index is 3.55. The van der Waals surface area contributed by atoms with Crippen molar-refractivity contribution in [3.63, 3.8) is 0 Å². The van der Waals surface area contributed by atoms with Crippen LogP contribution in [0.2, 0.25) is 0 Å². The SMILES string of the molecule is Cc1cccc(CN2CCC(CNC(C)C)C2)c1. The van der Waals surface area contributed by atoms with Crippen LogP contribution < -0.4 is 5.32 Å². The van der Waals surface area contributed by atoms with E-state index in [2.05, 4.69) is 55.3 Å². The van der Waals surface area contributed by atoms with Crippen molar-refractivity contribution in [3.8, 4) is 0 Å². The molecule has 0 bridgehead atoms. The fraction of sp³-hybridized carbons (Fsp3) is 0.625. The van der Waals surface area contributed by atoms with Gasteiger partial charge in [-0.05, 0) is 37.9 Å². The number of likely N-dealkylation sites (tertiary alicyclic amines) is 1. The summed E-state index contributed by atoms with van der Waals surface area (Å²) in [6.45, 7) is 11.4. The van der Waals surface area contributed by atoms with Gasteiger partial charge in [0.1, 0.15) is 0 Å². The molecule has 0 spiro atoms. The van der Waals surface area contributed by atoms with E-state index < -0.39 is 0 Å². The van der Waals surface area contributed by atoms with Crippen molar-refractivity contribution in [3.05, 3.63) is 35.4 Å². The number of nitrogens with zero attached hydrogens (tertiary/aromatic N) is 1. The third-order valence-electron chi connectivity index (χ3n) is 3.67. The predicted octanol–water partition coefficient (Wildman–Crippen LogP) is 2.81. The van der Waals surface area contributed by atoms with Crippen molar-refractivity contribution < 1.29 is 0 Å². The Morgan fingerprint density at radius 1 is 1.39 bits per heavy atom. The quantitative estimate of drug-likeness (QED) is 0.859. The highest BCUT2D eigenvalue weighted by molar-refractivity contribution is 5.22. The Hall–Kier alpha value is -0.860. The van der Waals surface area contributed by atoms with Crippen LogP contribution in [0.1, 0.15) is 31.4 Å². The molecule has 1 saturated heterocycles. The summed E-state index contributed by atoms with van der Waals surface area (Å²) in [6.07, 6.45) is 1.34. The van der Waals surface area contributed by atoms with Gasteiger partial charge >= 0.3 is 0 Å². The third kappa shape index (κ3) is 4.11. The summed E-state index contributed by atoms with van der Waals surface area (Å²) in [7, 11) is 0. The van der Waals surface area contributed by atoms with E-state index in [4.69, 9.17) is 0 Å². The van der Waals surface area contributed by atoms with Gasteiger partial charge in [-0.25, -0.2) is 0 Å². The third-order valence-corrected chi connectivity index (χ3v) is 3.67. The van der Waals surface area contributed by atoms with Gasteiger partial charge < -0.3 is 5.32 Å². The first-order chi connectivity index (χ1) is 8.63. The average Bonchev–Trinajstić information content (AvgIpc) is 2.74. The molecule has 0 aromatic heterocycles. The highest BCUT2D eigenvalue weighted by Crippen LogP contribution is 2.18. The summed E-state index contributed by atoms with van der Waals surface area (Å²) in [5, 5.41) is 3.55. The molecule has 1 aliphatic heterocycles. The van der Waals surface area contributed by atoms with E-state index in [0.29, 0.717) is 6.04 Å². The molecule has 100 valence electrons. The zero-order valence-electron chi connectivity index (χ0n) is 11.9. The first kappa shape index (κ1) is 13.6. The summed E-state index contributed by atoms with van der Waals surface area (Å²) in [6, 6.07) is 9.49. The van der Waals surface area contributed by atoms with Crippen molar-refractivity contribution in [2.75, 3.05) is 19.6 Å². The molecular formula is C16H26N2. The van der Waals surface area contributed by atoms with Crippen molar-refractivity contribution >= 4 is 0 Å². The lowest BCUT2D eigenvalue weighted by atomic mass is 10.1.